The second-order valence-corrected chi connectivity index (χ2v) is 8.18. The first-order valence-electron chi connectivity index (χ1n) is 11.0. The number of Topliss-reactive ketones (excluding diaryl/α,β-unsaturated/α-hetero) is 1. The Bertz CT molecular complexity index is 1510. The van der Waals surface area contributed by atoms with Gasteiger partial charge in [-0.2, -0.15) is 0 Å². The first-order valence-corrected chi connectivity index (χ1v) is 11.0. The number of methoxy groups -OCH3 is 1. The Balaban J connectivity index is 1.71. The van der Waals surface area contributed by atoms with Gasteiger partial charge in [0.15, 0.2) is 0 Å². The van der Waals surface area contributed by atoms with E-state index in [1.165, 1.54) is 18.1 Å². The summed E-state index contributed by atoms with van der Waals surface area (Å²) in [4.78, 5) is 40.1. The fourth-order valence-corrected chi connectivity index (χ4v) is 4.44. The molecule has 1 fully saturated rings. The second-order valence-electron chi connectivity index (χ2n) is 8.18. The molecule has 0 aliphatic carbocycles. The van der Waals surface area contributed by atoms with Gasteiger partial charge in [-0.1, -0.05) is 72.8 Å². The summed E-state index contributed by atoms with van der Waals surface area (Å²) in [5, 5.41) is 13.2. The molecule has 172 valence electrons. The van der Waals surface area contributed by atoms with Gasteiger partial charge in [-0.3, -0.25) is 14.5 Å². The lowest BCUT2D eigenvalue weighted by atomic mass is 9.94. The SMILES string of the molecule is COC(=O)c1cccc(N2C(=O)C(=O)/C(=C(\O)c3ccc4ccccc4c3)C2c2ccccc2)c1. The molecule has 1 heterocycles. The van der Waals surface area contributed by atoms with Crippen molar-refractivity contribution in [2.24, 2.45) is 0 Å². The number of hydrogen-bond acceptors (Lipinski definition) is 5. The van der Waals surface area contributed by atoms with Crippen LogP contribution in [0.25, 0.3) is 16.5 Å². The van der Waals surface area contributed by atoms with E-state index in [-0.39, 0.29) is 16.9 Å². The average molecular weight is 463 g/mol. The van der Waals surface area contributed by atoms with Crippen LogP contribution in [0.3, 0.4) is 0 Å². The number of aliphatic hydroxyl groups excluding tert-OH is 1. The van der Waals surface area contributed by atoms with Gasteiger partial charge in [-0.05, 0) is 40.6 Å². The van der Waals surface area contributed by atoms with E-state index in [4.69, 9.17) is 4.74 Å². The number of ether oxygens (including phenoxy) is 1. The number of carbonyl (C=O) groups excluding carboxylic acids is 3. The third-order valence-electron chi connectivity index (χ3n) is 6.13. The molecule has 0 saturated carbocycles. The molecule has 6 heteroatoms. The van der Waals surface area contributed by atoms with Crippen LogP contribution in [-0.2, 0) is 14.3 Å². The van der Waals surface area contributed by atoms with Crippen molar-refractivity contribution in [1.82, 2.24) is 0 Å². The average Bonchev–Trinajstić information content (AvgIpc) is 3.18. The van der Waals surface area contributed by atoms with Gasteiger partial charge < -0.3 is 9.84 Å². The summed E-state index contributed by atoms with van der Waals surface area (Å²) in [6.45, 7) is 0. The lowest BCUT2D eigenvalue weighted by Gasteiger charge is -2.25. The predicted octanol–water partition coefficient (Wildman–Crippen LogP) is 5.25. The molecule has 0 radical (unpaired) electrons. The van der Waals surface area contributed by atoms with E-state index in [1.54, 1.807) is 54.6 Å². The van der Waals surface area contributed by atoms with Crippen molar-refractivity contribution < 1.29 is 24.2 Å². The largest absolute Gasteiger partial charge is 0.507 e. The highest BCUT2D eigenvalue weighted by Crippen LogP contribution is 2.42. The van der Waals surface area contributed by atoms with Gasteiger partial charge in [0, 0.05) is 11.3 Å². The highest BCUT2D eigenvalue weighted by molar-refractivity contribution is 6.51. The number of anilines is 1. The normalized spacial score (nSPS) is 17.1. The molecule has 1 atom stereocenters. The van der Waals surface area contributed by atoms with E-state index in [1.807, 2.05) is 36.4 Å². The summed E-state index contributed by atoms with van der Waals surface area (Å²) >= 11 is 0. The topological polar surface area (TPSA) is 83.9 Å². The number of nitrogens with zero attached hydrogens (tertiary/aromatic N) is 1. The van der Waals surface area contributed by atoms with Crippen LogP contribution in [0.4, 0.5) is 5.69 Å². The molecule has 0 bridgehead atoms. The lowest BCUT2D eigenvalue weighted by molar-refractivity contribution is -0.132. The van der Waals surface area contributed by atoms with Crippen molar-refractivity contribution in [2.75, 3.05) is 12.0 Å². The van der Waals surface area contributed by atoms with Gasteiger partial charge in [-0.15, -0.1) is 0 Å². The summed E-state index contributed by atoms with van der Waals surface area (Å²) in [5.74, 6) is -2.40. The zero-order chi connectivity index (χ0) is 24.5. The Kier molecular flexibility index (Phi) is 5.63. The monoisotopic (exact) mass is 463 g/mol. The quantitative estimate of drug-likeness (QED) is 0.193. The molecule has 1 amide bonds. The van der Waals surface area contributed by atoms with Crippen molar-refractivity contribution in [1.29, 1.82) is 0 Å². The number of fused-ring (bicyclic) bond motifs is 1. The van der Waals surface area contributed by atoms with Gasteiger partial charge in [0.25, 0.3) is 11.7 Å². The third kappa shape index (κ3) is 3.85. The molecule has 1 N–H and O–H groups in total. The number of ketones is 1. The van der Waals surface area contributed by atoms with Crippen LogP contribution >= 0.6 is 0 Å². The van der Waals surface area contributed by atoms with Gasteiger partial charge in [0.1, 0.15) is 5.76 Å². The molecule has 1 saturated heterocycles. The second kappa shape index (κ2) is 8.91. The molecule has 4 aromatic rings. The van der Waals surface area contributed by atoms with Crippen LogP contribution in [0.2, 0.25) is 0 Å². The maximum absolute atomic E-state index is 13.3. The number of rotatable bonds is 4. The van der Waals surface area contributed by atoms with Crippen LogP contribution in [0.15, 0.2) is 103 Å². The Morgan fingerprint density at radius 3 is 2.26 bits per heavy atom. The fraction of sp³-hybridized carbons (Fsp3) is 0.0690. The Morgan fingerprint density at radius 1 is 0.800 bits per heavy atom. The summed E-state index contributed by atoms with van der Waals surface area (Å²) in [7, 11) is 1.27. The summed E-state index contributed by atoms with van der Waals surface area (Å²) in [5.41, 5.74) is 1.66. The zero-order valence-corrected chi connectivity index (χ0v) is 18.8. The van der Waals surface area contributed by atoms with Crippen molar-refractivity contribution in [3.63, 3.8) is 0 Å². The lowest BCUT2D eigenvalue weighted by Crippen LogP contribution is -2.29. The molecular formula is C29H21NO5. The van der Waals surface area contributed by atoms with Crippen LogP contribution in [0.1, 0.15) is 27.5 Å². The Hall–Kier alpha value is -4.71. The predicted molar refractivity (Wildman–Crippen MR) is 133 cm³/mol. The summed E-state index contributed by atoms with van der Waals surface area (Å²) < 4.78 is 4.81. The number of hydrogen-bond donors (Lipinski definition) is 1. The minimum Gasteiger partial charge on any atom is -0.507 e. The van der Waals surface area contributed by atoms with Crippen molar-refractivity contribution in [3.05, 3.63) is 119 Å². The zero-order valence-electron chi connectivity index (χ0n) is 18.8. The molecule has 1 aliphatic rings. The minimum absolute atomic E-state index is 0.0139. The van der Waals surface area contributed by atoms with Crippen LogP contribution in [-0.4, -0.2) is 29.9 Å². The van der Waals surface area contributed by atoms with Gasteiger partial charge in [0.05, 0.1) is 24.3 Å². The maximum Gasteiger partial charge on any atom is 0.337 e. The minimum atomic E-state index is -0.879. The van der Waals surface area contributed by atoms with Crippen LogP contribution in [0, 0.1) is 0 Å². The van der Waals surface area contributed by atoms with E-state index in [0.717, 1.165) is 10.8 Å². The van der Waals surface area contributed by atoms with E-state index in [9.17, 15) is 19.5 Å². The van der Waals surface area contributed by atoms with E-state index >= 15 is 0 Å². The Morgan fingerprint density at radius 2 is 1.51 bits per heavy atom. The number of aliphatic hydroxyl groups is 1. The standard InChI is InChI=1S/C29H21NO5/c1-35-29(34)22-12-7-13-23(17-22)30-25(19-9-3-2-4-10-19)24(27(32)28(30)33)26(31)21-15-14-18-8-5-6-11-20(18)16-21/h2-17,25,31H,1H3/b26-24-. The highest BCUT2D eigenvalue weighted by Gasteiger charge is 2.47. The third-order valence-corrected chi connectivity index (χ3v) is 6.13. The van der Waals surface area contributed by atoms with Crippen molar-refractivity contribution in [2.45, 2.75) is 6.04 Å². The summed E-state index contributed by atoms with van der Waals surface area (Å²) in [6.07, 6.45) is 0. The smallest absolute Gasteiger partial charge is 0.337 e. The van der Waals surface area contributed by atoms with E-state index in [0.29, 0.717) is 16.8 Å². The molecule has 35 heavy (non-hydrogen) atoms. The Labute approximate surface area is 201 Å². The fourth-order valence-electron chi connectivity index (χ4n) is 4.44. The van der Waals surface area contributed by atoms with Gasteiger partial charge >= 0.3 is 5.97 Å². The number of amides is 1. The molecule has 6 nitrogen and oxygen atoms in total. The first-order chi connectivity index (χ1) is 17.0. The van der Waals surface area contributed by atoms with Crippen LogP contribution in [0.5, 0.6) is 0 Å². The van der Waals surface area contributed by atoms with Gasteiger partial charge in [-0.25, -0.2) is 4.79 Å². The molecular weight excluding hydrogens is 442 g/mol. The number of esters is 1. The molecule has 1 aliphatic heterocycles. The molecule has 5 rings (SSSR count). The molecule has 0 aromatic heterocycles. The molecule has 1 unspecified atom stereocenters. The van der Waals surface area contributed by atoms with Crippen molar-refractivity contribution in [3.8, 4) is 0 Å². The van der Waals surface area contributed by atoms with E-state index in [2.05, 4.69) is 0 Å². The number of carbonyl (C=O) groups is 3. The summed E-state index contributed by atoms with van der Waals surface area (Å²) in [6, 6.07) is 27.5. The van der Waals surface area contributed by atoms with Crippen molar-refractivity contribution >= 4 is 39.9 Å². The van der Waals surface area contributed by atoms with Crippen LogP contribution < -0.4 is 4.90 Å². The highest BCUT2D eigenvalue weighted by atomic mass is 16.5. The number of benzene rings is 4. The van der Waals surface area contributed by atoms with E-state index < -0.39 is 23.7 Å². The molecule has 4 aromatic carbocycles. The van der Waals surface area contributed by atoms with Gasteiger partial charge in [0.2, 0.25) is 0 Å². The first kappa shape index (κ1) is 22.1. The molecule has 0 spiro atoms. The maximum atomic E-state index is 13.3.